The first-order valence-corrected chi connectivity index (χ1v) is 7.40. The fourth-order valence-electron chi connectivity index (χ4n) is 1.92. The highest BCUT2D eigenvalue weighted by molar-refractivity contribution is 5.95. The first-order chi connectivity index (χ1) is 11.9. The molecule has 0 radical (unpaired) electrons. The Bertz CT molecular complexity index is 802. The third-order valence-electron chi connectivity index (χ3n) is 3.50. The van der Waals surface area contributed by atoms with Crippen LogP contribution >= 0.6 is 0 Å². The van der Waals surface area contributed by atoms with Gasteiger partial charge in [0, 0.05) is 17.7 Å². The van der Waals surface area contributed by atoms with E-state index in [0.717, 1.165) is 11.1 Å². The van der Waals surface area contributed by atoms with Gasteiger partial charge in [0.15, 0.2) is 6.61 Å². The lowest BCUT2D eigenvalue weighted by molar-refractivity contribution is -0.384. The molecule has 0 spiro atoms. The number of hydrogen-bond acceptors (Lipinski definition) is 5. The van der Waals surface area contributed by atoms with E-state index in [1.54, 1.807) is 6.07 Å². The maximum absolute atomic E-state index is 11.9. The molecule has 0 heterocycles. The van der Waals surface area contributed by atoms with Gasteiger partial charge in [0.25, 0.3) is 17.5 Å². The van der Waals surface area contributed by atoms with E-state index in [1.165, 1.54) is 24.3 Å². The number of nitrogens with one attached hydrogen (secondary N) is 2. The largest absolute Gasteiger partial charge is 0.484 e. The molecule has 8 nitrogen and oxygen atoms in total. The second-order valence-electron chi connectivity index (χ2n) is 5.34. The van der Waals surface area contributed by atoms with E-state index in [0.29, 0.717) is 5.75 Å². The molecule has 0 fully saturated rings. The number of carbonyl (C=O) groups is 2. The van der Waals surface area contributed by atoms with Crippen molar-refractivity contribution in [2.45, 2.75) is 13.8 Å². The number of non-ortho nitro benzene ring substituents is 1. The number of carbonyl (C=O) groups excluding carboxylic acids is 2. The Morgan fingerprint density at radius 2 is 1.72 bits per heavy atom. The molecular weight excluding hydrogens is 326 g/mol. The maximum Gasteiger partial charge on any atom is 0.276 e. The van der Waals surface area contributed by atoms with Crippen molar-refractivity contribution in [2.75, 3.05) is 6.61 Å². The van der Waals surface area contributed by atoms with Crippen molar-refractivity contribution < 1.29 is 19.2 Å². The van der Waals surface area contributed by atoms with E-state index in [1.807, 2.05) is 26.0 Å². The molecule has 0 aliphatic carbocycles. The molecule has 0 bridgehead atoms. The molecule has 0 saturated carbocycles. The average Bonchev–Trinajstić information content (AvgIpc) is 2.60. The van der Waals surface area contributed by atoms with E-state index in [4.69, 9.17) is 4.74 Å². The van der Waals surface area contributed by atoms with Crippen LogP contribution in [0.25, 0.3) is 0 Å². The number of aryl methyl sites for hydroxylation is 2. The molecule has 0 saturated heterocycles. The van der Waals surface area contributed by atoms with Crippen molar-refractivity contribution in [1.82, 2.24) is 10.9 Å². The first kappa shape index (κ1) is 17.9. The number of hydrogen-bond donors (Lipinski definition) is 2. The molecule has 0 atom stereocenters. The Morgan fingerprint density at radius 3 is 2.32 bits per heavy atom. The van der Waals surface area contributed by atoms with Crippen LogP contribution in [0, 0.1) is 24.0 Å². The Morgan fingerprint density at radius 1 is 1.04 bits per heavy atom. The van der Waals surface area contributed by atoms with Crippen molar-refractivity contribution in [2.24, 2.45) is 0 Å². The molecule has 2 amide bonds. The molecule has 0 aliphatic rings. The van der Waals surface area contributed by atoms with Gasteiger partial charge < -0.3 is 4.74 Å². The molecule has 130 valence electrons. The quantitative estimate of drug-likeness (QED) is 0.638. The summed E-state index contributed by atoms with van der Waals surface area (Å²) in [6.45, 7) is 3.65. The average molecular weight is 343 g/mol. The number of nitro groups is 1. The zero-order valence-electron chi connectivity index (χ0n) is 13.7. The molecule has 0 aliphatic heterocycles. The summed E-state index contributed by atoms with van der Waals surface area (Å²) >= 11 is 0. The highest BCUT2D eigenvalue weighted by Crippen LogP contribution is 2.16. The van der Waals surface area contributed by atoms with Crippen molar-refractivity contribution in [3.8, 4) is 5.75 Å². The second-order valence-corrected chi connectivity index (χ2v) is 5.34. The molecule has 2 rings (SSSR count). The monoisotopic (exact) mass is 343 g/mol. The lowest BCUT2D eigenvalue weighted by Crippen LogP contribution is -2.43. The van der Waals surface area contributed by atoms with Gasteiger partial charge in [0.1, 0.15) is 5.75 Å². The van der Waals surface area contributed by atoms with Crippen LogP contribution in [0.3, 0.4) is 0 Å². The SMILES string of the molecule is Cc1ccc(OCC(=O)NNC(=O)c2ccc([N+](=O)[O-])cc2)cc1C. The van der Waals surface area contributed by atoms with Gasteiger partial charge >= 0.3 is 0 Å². The molecule has 0 aromatic heterocycles. The van der Waals surface area contributed by atoms with Gasteiger partial charge in [-0.1, -0.05) is 6.07 Å². The Hall–Kier alpha value is -3.42. The summed E-state index contributed by atoms with van der Waals surface area (Å²) in [5, 5.41) is 10.6. The molecule has 2 aromatic rings. The molecule has 8 heteroatoms. The third-order valence-corrected chi connectivity index (χ3v) is 3.50. The number of benzene rings is 2. The number of amides is 2. The Balaban J connectivity index is 1.81. The van der Waals surface area contributed by atoms with Gasteiger partial charge in [-0.05, 0) is 49.2 Å². The zero-order valence-corrected chi connectivity index (χ0v) is 13.7. The number of nitrogens with zero attached hydrogens (tertiary/aromatic N) is 1. The summed E-state index contributed by atoms with van der Waals surface area (Å²) in [5.74, 6) is -0.567. The van der Waals surface area contributed by atoms with Crippen LogP contribution in [-0.2, 0) is 4.79 Å². The lowest BCUT2D eigenvalue weighted by Gasteiger charge is -2.10. The summed E-state index contributed by atoms with van der Waals surface area (Å²) in [4.78, 5) is 33.6. The van der Waals surface area contributed by atoms with Gasteiger partial charge in [-0.3, -0.25) is 30.6 Å². The van der Waals surface area contributed by atoms with Crippen LogP contribution in [-0.4, -0.2) is 23.3 Å². The van der Waals surface area contributed by atoms with Crippen molar-refractivity contribution >= 4 is 17.5 Å². The van der Waals surface area contributed by atoms with Crippen LogP contribution < -0.4 is 15.6 Å². The minimum Gasteiger partial charge on any atom is -0.484 e. The Kier molecular flexibility index (Phi) is 5.67. The molecule has 0 unspecified atom stereocenters. The summed E-state index contributed by atoms with van der Waals surface area (Å²) < 4.78 is 5.35. The third kappa shape index (κ3) is 5.03. The second kappa shape index (κ2) is 7.91. The fraction of sp³-hybridized carbons (Fsp3) is 0.176. The topological polar surface area (TPSA) is 111 Å². The minimum atomic E-state index is -0.588. The molecule has 25 heavy (non-hydrogen) atoms. The van der Waals surface area contributed by atoms with Crippen LogP contribution in [0.4, 0.5) is 5.69 Å². The predicted molar refractivity (Wildman–Crippen MR) is 90.1 cm³/mol. The molecule has 2 aromatic carbocycles. The van der Waals surface area contributed by atoms with E-state index in [2.05, 4.69) is 10.9 Å². The minimum absolute atomic E-state index is 0.123. The highest BCUT2D eigenvalue weighted by atomic mass is 16.6. The number of ether oxygens (including phenoxy) is 1. The van der Waals surface area contributed by atoms with Gasteiger partial charge in [0.05, 0.1) is 4.92 Å². The summed E-state index contributed by atoms with van der Waals surface area (Å²) in [6, 6.07) is 10.5. The number of rotatable bonds is 5. The Labute approximate surface area is 143 Å². The van der Waals surface area contributed by atoms with Crippen LogP contribution in [0.15, 0.2) is 42.5 Å². The lowest BCUT2D eigenvalue weighted by atomic mass is 10.1. The normalized spacial score (nSPS) is 10.0. The predicted octanol–water partition coefficient (Wildman–Crippen LogP) is 2.05. The summed E-state index contributed by atoms with van der Waals surface area (Å²) in [7, 11) is 0. The van der Waals surface area contributed by atoms with Gasteiger partial charge in [0.2, 0.25) is 0 Å². The smallest absolute Gasteiger partial charge is 0.276 e. The van der Waals surface area contributed by atoms with E-state index >= 15 is 0 Å². The van der Waals surface area contributed by atoms with Gasteiger partial charge in [-0.25, -0.2) is 0 Å². The molecular formula is C17H17N3O5. The van der Waals surface area contributed by atoms with Crippen molar-refractivity contribution in [3.63, 3.8) is 0 Å². The molecule has 2 N–H and O–H groups in total. The van der Waals surface area contributed by atoms with E-state index in [9.17, 15) is 19.7 Å². The van der Waals surface area contributed by atoms with Crippen molar-refractivity contribution in [3.05, 3.63) is 69.3 Å². The van der Waals surface area contributed by atoms with Crippen LogP contribution in [0.2, 0.25) is 0 Å². The van der Waals surface area contributed by atoms with Crippen LogP contribution in [0.5, 0.6) is 5.75 Å². The first-order valence-electron chi connectivity index (χ1n) is 7.40. The van der Waals surface area contributed by atoms with E-state index in [-0.39, 0.29) is 17.9 Å². The summed E-state index contributed by atoms with van der Waals surface area (Å²) in [5.41, 5.74) is 6.66. The van der Waals surface area contributed by atoms with Crippen molar-refractivity contribution in [1.29, 1.82) is 0 Å². The van der Waals surface area contributed by atoms with Gasteiger partial charge in [-0.15, -0.1) is 0 Å². The van der Waals surface area contributed by atoms with E-state index < -0.39 is 16.7 Å². The standard InChI is InChI=1S/C17H17N3O5/c1-11-3-8-15(9-12(11)2)25-10-16(21)18-19-17(22)13-4-6-14(7-5-13)20(23)24/h3-9H,10H2,1-2H3,(H,18,21)(H,19,22). The fourth-order valence-corrected chi connectivity index (χ4v) is 1.92. The number of hydrazine groups is 1. The summed E-state index contributed by atoms with van der Waals surface area (Å²) in [6.07, 6.45) is 0. The van der Waals surface area contributed by atoms with Crippen LogP contribution in [0.1, 0.15) is 21.5 Å². The van der Waals surface area contributed by atoms with Gasteiger partial charge in [-0.2, -0.15) is 0 Å². The number of nitro benzene ring substituents is 1. The highest BCUT2D eigenvalue weighted by Gasteiger charge is 2.10. The maximum atomic E-state index is 11.9. The zero-order chi connectivity index (χ0) is 18.4.